The fraction of sp³-hybridized carbons (Fsp3) is 0.375. The van der Waals surface area contributed by atoms with Crippen LogP contribution in [0.1, 0.15) is 29.6 Å². The molecule has 1 aromatic heterocycles. The number of amides is 1. The highest BCUT2D eigenvalue weighted by Crippen LogP contribution is 2.34. The SMILES string of the molecule is CCCc1nc(CSCC(=O)Nc2ccccc2C(F)(F)F)cs1. The number of hydrogen-bond donors (Lipinski definition) is 1. The van der Waals surface area contributed by atoms with Crippen LogP contribution in [0.15, 0.2) is 29.6 Å². The molecule has 1 heterocycles. The number of carbonyl (C=O) groups excluding carboxylic acids is 1. The molecule has 1 N–H and O–H groups in total. The first-order chi connectivity index (χ1) is 11.4. The van der Waals surface area contributed by atoms with E-state index in [0.717, 1.165) is 29.6 Å². The van der Waals surface area contributed by atoms with E-state index < -0.39 is 17.6 Å². The molecule has 0 spiro atoms. The van der Waals surface area contributed by atoms with Crippen molar-refractivity contribution in [1.29, 1.82) is 0 Å². The number of hydrogen-bond acceptors (Lipinski definition) is 4. The Bertz CT molecular complexity index is 686. The Balaban J connectivity index is 1.85. The summed E-state index contributed by atoms with van der Waals surface area (Å²) in [6.07, 6.45) is -2.53. The zero-order valence-corrected chi connectivity index (χ0v) is 14.7. The predicted molar refractivity (Wildman–Crippen MR) is 92.3 cm³/mol. The second kappa shape index (κ2) is 8.53. The molecule has 1 amide bonds. The van der Waals surface area contributed by atoms with Crippen molar-refractivity contribution in [1.82, 2.24) is 4.98 Å². The van der Waals surface area contributed by atoms with Crippen LogP contribution in [0, 0.1) is 0 Å². The maximum absolute atomic E-state index is 12.9. The first-order valence-electron chi connectivity index (χ1n) is 7.37. The number of aromatic nitrogens is 1. The van der Waals surface area contributed by atoms with Crippen LogP contribution in [-0.2, 0) is 23.1 Å². The number of para-hydroxylation sites is 1. The van der Waals surface area contributed by atoms with Gasteiger partial charge in [0.1, 0.15) is 0 Å². The fourth-order valence-electron chi connectivity index (χ4n) is 2.02. The Hall–Kier alpha value is -1.54. The van der Waals surface area contributed by atoms with Crippen molar-refractivity contribution in [2.24, 2.45) is 0 Å². The number of thioether (sulfide) groups is 1. The maximum Gasteiger partial charge on any atom is 0.418 e. The van der Waals surface area contributed by atoms with Crippen molar-refractivity contribution in [2.75, 3.05) is 11.1 Å². The molecule has 0 radical (unpaired) electrons. The Kier molecular flexibility index (Phi) is 6.68. The first kappa shape index (κ1) is 18.8. The largest absolute Gasteiger partial charge is 0.418 e. The second-order valence-electron chi connectivity index (χ2n) is 5.07. The van der Waals surface area contributed by atoms with E-state index in [-0.39, 0.29) is 11.4 Å². The highest BCUT2D eigenvalue weighted by atomic mass is 32.2. The van der Waals surface area contributed by atoms with Gasteiger partial charge in [-0.05, 0) is 25.0 Å². The first-order valence-corrected chi connectivity index (χ1v) is 9.40. The molecule has 0 aliphatic carbocycles. The monoisotopic (exact) mass is 374 g/mol. The van der Waals surface area contributed by atoms with Gasteiger partial charge in [-0.2, -0.15) is 13.2 Å². The standard InChI is InChI=1S/C16H17F3N2OS2/c1-2-5-15-20-11(9-24-15)8-23-10-14(22)21-13-7-4-3-6-12(13)16(17,18)19/h3-4,6-7,9H,2,5,8,10H2,1H3,(H,21,22). The molecule has 0 atom stereocenters. The summed E-state index contributed by atoms with van der Waals surface area (Å²) in [6.45, 7) is 2.08. The molecular formula is C16H17F3N2OS2. The van der Waals surface area contributed by atoms with Crippen LogP contribution in [-0.4, -0.2) is 16.6 Å². The number of nitrogens with zero attached hydrogens (tertiary/aromatic N) is 1. The summed E-state index contributed by atoms with van der Waals surface area (Å²) in [5.74, 6) is 0.183. The van der Waals surface area contributed by atoms with Crippen LogP contribution >= 0.6 is 23.1 Å². The van der Waals surface area contributed by atoms with Crippen LogP contribution in [0.25, 0.3) is 0 Å². The average Bonchev–Trinajstić information content (AvgIpc) is 2.95. The molecule has 24 heavy (non-hydrogen) atoms. The number of anilines is 1. The van der Waals surface area contributed by atoms with Crippen LogP contribution in [0.2, 0.25) is 0 Å². The van der Waals surface area contributed by atoms with Gasteiger partial charge in [-0.1, -0.05) is 19.1 Å². The van der Waals surface area contributed by atoms with E-state index in [2.05, 4.69) is 17.2 Å². The van der Waals surface area contributed by atoms with Crippen molar-refractivity contribution in [3.63, 3.8) is 0 Å². The van der Waals surface area contributed by atoms with Gasteiger partial charge in [0.25, 0.3) is 0 Å². The van der Waals surface area contributed by atoms with Gasteiger partial charge >= 0.3 is 6.18 Å². The van der Waals surface area contributed by atoms with Gasteiger partial charge in [-0.3, -0.25) is 4.79 Å². The van der Waals surface area contributed by atoms with Gasteiger partial charge < -0.3 is 5.32 Å². The van der Waals surface area contributed by atoms with E-state index in [4.69, 9.17) is 0 Å². The summed E-state index contributed by atoms with van der Waals surface area (Å²) in [6, 6.07) is 4.96. The molecule has 3 nitrogen and oxygen atoms in total. The van der Waals surface area contributed by atoms with E-state index in [1.807, 2.05) is 5.38 Å². The lowest BCUT2D eigenvalue weighted by Gasteiger charge is -2.13. The lowest BCUT2D eigenvalue weighted by atomic mass is 10.1. The highest BCUT2D eigenvalue weighted by molar-refractivity contribution is 7.99. The fourth-order valence-corrected chi connectivity index (χ4v) is 3.74. The third-order valence-electron chi connectivity index (χ3n) is 3.05. The van der Waals surface area contributed by atoms with Crippen LogP contribution in [0.3, 0.4) is 0 Å². The van der Waals surface area contributed by atoms with E-state index in [1.54, 1.807) is 11.3 Å². The quantitative estimate of drug-likeness (QED) is 0.743. The minimum atomic E-state index is -4.49. The summed E-state index contributed by atoms with van der Waals surface area (Å²) in [7, 11) is 0. The van der Waals surface area contributed by atoms with E-state index >= 15 is 0 Å². The van der Waals surface area contributed by atoms with Gasteiger partial charge in [-0.15, -0.1) is 23.1 Å². The van der Waals surface area contributed by atoms with E-state index in [0.29, 0.717) is 5.75 Å². The van der Waals surface area contributed by atoms with Crippen molar-refractivity contribution in [3.05, 3.63) is 45.9 Å². The summed E-state index contributed by atoms with van der Waals surface area (Å²) in [4.78, 5) is 16.3. The van der Waals surface area contributed by atoms with Crippen LogP contribution < -0.4 is 5.32 Å². The van der Waals surface area contributed by atoms with Crippen molar-refractivity contribution >= 4 is 34.7 Å². The summed E-state index contributed by atoms with van der Waals surface area (Å²) in [5, 5.41) is 5.35. The van der Waals surface area contributed by atoms with Gasteiger partial charge in [0.15, 0.2) is 0 Å². The zero-order chi connectivity index (χ0) is 17.6. The Morgan fingerprint density at radius 2 is 2.08 bits per heavy atom. The third-order valence-corrected chi connectivity index (χ3v) is 4.98. The Morgan fingerprint density at radius 3 is 2.79 bits per heavy atom. The topological polar surface area (TPSA) is 42.0 Å². The third kappa shape index (κ3) is 5.52. The molecular weight excluding hydrogens is 357 g/mol. The summed E-state index contributed by atoms with van der Waals surface area (Å²) in [5.41, 5.74) is -0.154. The molecule has 8 heteroatoms. The molecule has 0 bridgehead atoms. The molecule has 1 aromatic carbocycles. The molecule has 0 saturated carbocycles. The second-order valence-corrected chi connectivity index (χ2v) is 7.00. The summed E-state index contributed by atoms with van der Waals surface area (Å²) < 4.78 is 38.6. The van der Waals surface area contributed by atoms with Gasteiger partial charge in [-0.25, -0.2) is 4.98 Å². The number of thiazole rings is 1. The minimum absolute atomic E-state index is 0.0762. The van der Waals surface area contributed by atoms with Gasteiger partial charge in [0.2, 0.25) is 5.91 Å². The lowest BCUT2D eigenvalue weighted by Crippen LogP contribution is -2.18. The summed E-state index contributed by atoms with van der Waals surface area (Å²) >= 11 is 2.92. The normalized spacial score (nSPS) is 11.5. The number of aryl methyl sites for hydroxylation is 1. The Labute approximate surface area is 146 Å². The highest BCUT2D eigenvalue weighted by Gasteiger charge is 2.33. The average molecular weight is 374 g/mol. The number of carbonyl (C=O) groups is 1. The molecule has 2 aromatic rings. The molecule has 130 valence electrons. The van der Waals surface area contributed by atoms with Crippen molar-refractivity contribution in [2.45, 2.75) is 31.7 Å². The number of rotatable bonds is 7. The smallest absolute Gasteiger partial charge is 0.325 e. The Morgan fingerprint density at radius 1 is 1.33 bits per heavy atom. The maximum atomic E-state index is 12.9. The van der Waals surface area contributed by atoms with E-state index in [9.17, 15) is 18.0 Å². The molecule has 0 unspecified atom stereocenters. The molecule has 2 rings (SSSR count). The molecule has 0 fully saturated rings. The predicted octanol–water partition coefficient (Wildman–Crippen LogP) is 4.99. The molecule has 0 aliphatic heterocycles. The minimum Gasteiger partial charge on any atom is -0.325 e. The zero-order valence-electron chi connectivity index (χ0n) is 13.0. The van der Waals surface area contributed by atoms with Gasteiger partial charge in [0, 0.05) is 11.1 Å². The van der Waals surface area contributed by atoms with Crippen molar-refractivity contribution in [3.8, 4) is 0 Å². The number of nitrogens with one attached hydrogen (secondary N) is 1. The van der Waals surface area contributed by atoms with E-state index in [1.165, 1.54) is 30.0 Å². The van der Waals surface area contributed by atoms with Gasteiger partial charge in [0.05, 0.1) is 27.7 Å². The molecule has 0 aliphatic rings. The number of alkyl halides is 3. The number of benzene rings is 1. The van der Waals surface area contributed by atoms with Crippen molar-refractivity contribution < 1.29 is 18.0 Å². The van der Waals surface area contributed by atoms with Crippen LogP contribution in [0.4, 0.5) is 18.9 Å². The van der Waals surface area contributed by atoms with Crippen LogP contribution in [0.5, 0.6) is 0 Å². The number of halogens is 3. The molecule has 0 saturated heterocycles. The lowest BCUT2D eigenvalue weighted by molar-refractivity contribution is -0.137.